The van der Waals surface area contributed by atoms with E-state index in [4.69, 9.17) is 0 Å². The lowest BCUT2D eigenvalue weighted by Gasteiger charge is -1.90. The van der Waals surface area contributed by atoms with Gasteiger partial charge in [-0.2, -0.15) is 0 Å². The Morgan fingerprint density at radius 1 is 0.818 bits per heavy atom. The predicted octanol–water partition coefficient (Wildman–Crippen LogP) is 5.62. The SMILES string of the molecule is C.C.C.C.CC.CCC(C)C. The lowest BCUT2D eigenvalue weighted by atomic mass is 10.2. The summed E-state index contributed by atoms with van der Waals surface area (Å²) in [5.74, 6) is 0.884. The van der Waals surface area contributed by atoms with E-state index in [0.717, 1.165) is 5.92 Å². The van der Waals surface area contributed by atoms with E-state index in [-0.39, 0.29) is 29.7 Å². The molecule has 0 radical (unpaired) electrons. The van der Waals surface area contributed by atoms with Crippen molar-refractivity contribution in [3.05, 3.63) is 0 Å². The minimum atomic E-state index is 0. The molecule has 0 rings (SSSR count). The average Bonchev–Trinajstić information content (AvgIpc) is 1.73. The van der Waals surface area contributed by atoms with Crippen molar-refractivity contribution in [2.24, 2.45) is 5.92 Å². The van der Waals surface area contributed by atoms with Crippen LogP contribution in [0, 0.1) is 5.92 Å². The molecule has 0 fully saturated rings. The molecule has 0 aliphatic carbocycles. The van der Waals surface area contributed by atoms with E-state index < -0.39 is 0 Å². The molecule has 0 aromatic carbocycles. The van der Waals surface area contributed by atoms with Crippen LogP contribution >= 0.6 is 0 Å². The van der Waals surface area contributed by atoms with Crippen LogP contribution in [0.2, 0.25) is 0 Å². The van der Waals surface area contributed by atoms with E-state index in [1.807, 2.05) is 13.8 Å². The molecule has 0 aromatic rings. The van der Waals surface area contributed by atoms with Crippen LogP contribution in [0.3, 0.4) is 0 Å². The summed E-state index contributed by atoms with van der Waals surface area (Å²) in [5, 5.41) is 0. The third-order valence-electron chi connectivity index (χ3n) is 0.816. The summed E-state index contributed by atoms with van der Waals surface area (Å²) in [5.41, 5.74) is 0. The first-order valence-electron chi connectivity index (χ1n) is 3.27. The Morgan fingerprint density at radius 2 is 0.909 bits per heavy atom. The minimum absolute atomic E-state index is 0. The van der Waals surface area contributed by atoms with Gasteiger partial charge in [-0.1, -0.05) is 70.7 Å². The molecule has 0 nitrogen and oxygen atoms in total. The summed E-state index contributed by atoms with van der Waals surface area (Å²) < 4.78 is 0. The van der Waals surface area contributed by atoms with E-state index in [1.54, 1.807) is 0 Å². The third kappa shape index (κ3) is 160. The molecule has 0 aromatic heterocycles. The number of hydrogen-bond donors (Lipinski definition) is 0. The number of rotatable bonds is 1. The van der Waals surface area contributed by atoms with Gasteiger partial charge in [-0.15, -0.1) is 0 Å². The summed E-state index contributed by atoms with van der Waals surface area (Å²) in [6.07, 6.45) is 1.31. The van der Waals surface area contributed by atoms with Gasteiger partial charge in [0.15, 0.2) is 0 Å². The highest BCUT2D eigenvalue weighted by atomic mass is 13.9. The fraction of sp³-hybridized carbons (Fsp3) is 1.00. The van der Waals surface area contributed by atoms with Crippen LogP contribution in [0.15, 0.2) is 0 Å². The highest BCUT2D eigenvalue weighted by Gasteiger charge is 1.80. The Kier molecular flexibility index (Phi) is 202. The third-order valence-corrected chi connectivity index (χ3v) is 0.816. The molecule has 0 N–H and O–H groups in total. The molecule has 0 amide bonds. The molecular formula is C11H34. The Morgan fingerprint density at radius 3 is 0.909 bits per heavy atom. The van der Waals surface area contributed by atoms with Crippen molar-refractivity contribution in [3.63, 3.8) is 0 Å². The quantitative estimate of drug-likeness (QED) is 0.474. The zero-order valence-corrected chi connectivity index (χ0v) is 6.28. The summed E-state index contributed by atoms with van der Waals surface area (Å²) in [6, 6.07) is 0. The van der Waals surface area contributed by atoms with Crippen molar-refractivity contribution >= 4 is 0 Å². The maximum absolute atomic E-state index is 2.22. The molecule has 11 heavy (non-hydrogen) atoms. The van der Waals surface area contributed by atoms with Gasteiger partial charge in [0.05, 0.1) is 0 Å². The van der Waals surface area contributed by atoms with Crippen molar-refractivity contribution in [1.82, 2.24) is 0 Å². The van der Waals surface area contributed by atoms with Gasteiger partial charge in [0, 0.05) is 0 Å². The number of hydrogen-bond acceptors (Lipinski definition) is 0. The standard InChI is InChI=1S/C5H12.C2H6.4CH4/c1-4-5(2)3;1-2;;;;/h5H,4H2,1-3H3;1-2H3;4*1H4. The van der Waals surface area contributed by atoms with Gasteiger partial charge < -0.3 is 0 Å². The van der Waals surface area contributed by atoms with Gasteiger partial charge in [0.25, 0.3) is 0 Å². The summed E-state index contributed by atoms with van der Waals surface area (Å²) in [6.45, 7) is 10.6. The normalized spacial score (nSPS) is 4.91. The fourth-order valence-electron chi connectivity index (χ4n) is 0. The van der Waals surface area contributed by atoms with E-state index in [1.165, 1.54) is 6.42 Å². The Bertz CT molecular complexity index is 14.0. The smallest absolute Gasteiger partial charge is 0.0474 e. The molecule has 0 aliphatic rings. The second-order valence-corrected chi connectivity index (χ2v) is 1.80. The van der Waals surface area contributed by atoms with Crippen molar-refractivity contribution in [2.75, 3.05) is 0 Å². The summed E-state index contributed by atoms with van der Waals surface area (Å²) in [4.78, 5) is 0. The van der Waals surface area contributed by atoms with Crippen LogP contribution < -0.4 is 0 Å². The topological polar surface area (TPSA) is 0 Å². The van der Waals surface area contributed by atoms with E-state index in [2.05, 4.69) is 20.8 Å². The Hall–Kier alpha value is 0. The van der Waals surface area contributed by atoms with Gasteiger partial charge in [0.2, 0.25) is 0 Å². The largest absolute Gasteiger partial charge is 0.0776 e. The molecule has 0 heteroatoms. The predicted molar refractivity (Wildman–Crippen MR) is 63.4 cm³/mol. The van der Waals surface area contributed by atoms with Crippen molar-refractivity contribution in [3.8, 4) is 0 Å². The van der Waals surface area contributed by atoms with Crippen molar-refractivity contribution < 1.29 is 0 Å². The maximum atomic E-state index is 2.22. The molecule has 0 heterocycles. The maximum Gasteiger partial charge on any atom is -0.0474 e. The lowest BCUT2D eigenvalue weighted by molar-refractivity contribution is 0.626. The zero-order chi connectivity index (χ0) is 6.28. The zero-order valence-electron chi connectivity index (χ0n) is 6.28. The van der Waals surface area contributed by atoms with Crippen LogP contribution in [-0.2, 0) is 0 Å². The Balaban J connectivity index is -0.00000000972. The molecule has 0 saturated carbocycles. The van der Waals surface area contributed by atoms with Crippen molar-refractivity contribution in [1.29, 1.82) is 0 Å². The highest BCUT2D eigenvalue weighted by molar-refractivity contribution is 4.32. The van der Waals surface area contributed by atoms with Crippen LogP contribution in [0.5, 0.6) is 0 Å². The van der Waals surface area contributed by atoms with Crippen LogP contribution in [0.25, 0.3) is 0 Å². The minimum Gasteiger partial charge on any atom is -0.0776 e. The van der Waals surface area contributed by atoms with Gasteiger partial charge in [-0.05, 0) is 5.92 Å². The summed E-state index contributed by atoms with van der Waals surface area (Å²) in [7, 11) is 0. The molecule has 0 saturated heterocycles. The van der Waals surface area contributed by atoms with Crippen molar-refractivity contribution in [2.45, 2.75) is 70.7 Å². The fourth-order valence-corrected chi connectivity index (χ4v) is 0. The monoisotopic (exact) mass is 166 g/mol. The van der Waals surface area contributed by atoms with Crippen LogP contribution in [-0.4, -0.2) is 0 Å². The van der Waals surface area contributed by atoms with E-state index >= 15 is 0 Å². The van der Waals surface area contributed by atoms with Gasteiger partial charge in [-0.25, -0.2) is 0 Å². The molecular weight excluding hydrogens is 132 g/mol. The van der Waals surface area contributed by atoms with Gasteiger partial charge in [0.1, 0.15) is 0 Å². The van der Waals surface area contributed by atoms with Gasteiger partial charge in [-0.3, -0.25) is 0 Å². The van der Waals surface area contributed by atoms with E-state index in [0.29, 0.717) is 0 Å². The average molecular weight is 166 g/mol. The lowest BCUT2D eigenvalue weighted by Crippen LogP contribution is -1.77. The first kappa shape index (κ1) is 44.0. The second kappa shape index (κ2) is 50.6. The molecule has 0 bridgehead atoms. The molecule has 0 aliphatic heterocycles. The van der Waals surface area contributed by atoms with Crippen LogP contribution in [0.4, 0.5) is 0 Å². The van der Waals surface area contributed by atoms with Gasteiger partial charge >= 0.3 is 0 Å². The first-order chi connectivity index (χ1) is 3.27. The second-order valence-electron chi connectivity index (χ2n) is 1.80. The first-order valence-corrected chi connectivity index (χ1v) is 3.27. The molecule has 0 atom stereocenters. The Labute approximate surface area is 77.4 Å². The van der Waals surface area contributed by atoms with E-state index in [9.17, 15) is 0 Å². The van der Waals surface area contributed by atoms with Crippen LogP contribution in [0.1, 0.15) is 70.7 Å². The molecule has 0 spiro atoms. The molecule has 78 valence electrons. The molecule has 0 unspecified atom stereocenters. The highest BCUT2D eigenvalue weighted by Crippen LogP contribution is 1.93. The summed E-state index contributed by atoms with van der Waals surface area (Å²) >= 11 is 0.